The van der Waals surface area contributed by atoms with E-state index in [0.717, 1.165) is 22.6 Å². The van der Waals surface area contributed by atoms with Crippen LogP contribution >= 0.6 is 15.6 Å². The molecule has 0 aliphatic carbocycles. The van der Waals surface area contributed by atoms with Gasteiger partial charge in [-0.3, -0.25) is 20.0 Å². The van der Waals surface area contributed by atoms with Gasteiger partial charge in [-0.2, -0.15) is 0 Å². The molecule has 19 heteroatoms. The third-order valence-corrected chi connectivity index (χ3v) is 3.92. The minimum Gasteiger partial charge on any atom is 2.00 e. The Morgan fingerprint density at radius 3 is 0.830 bits per heavy atom. The molecule has 0 bridgehead atoms. The first-order chi connectivity index (χ1) is 20.1. The third kappa shape index (κ3) is 48.1. The van der Waals surface area contributed by atoms with Crippen molar-refractivity contribution in [2.45, 2.75) is 79.6 Å². The van der Waals surface area contributed by atoms with E-state index in [2.05, 4.69) is 99.6 Å². The average molecular weight is 781 g/mol. The Hall–Kier alpha value is -2.37. The van der Waals surface area contributed by atoms with Crippen LogP contribution in [0.5, 0.6) is 0 Å². The van der Waals surface area contributed by atoms with Crippen LogP contribution in [0, 0.1) is 0 Å². The number of benzene rings is 2. The molecular weight excluding hydrogens is 741 g/mol. The van der Waals surface area contributed by atoms with E-state index in [1.54, 1.807) is 0 Å². The predicted octanol–water partition coefficient (Wildman–Crippen LogP) is 13.5. The van der Waals surface area contributed by atoms with E-state index in [-0.39, 0.29) is 28.6 Å². The number of hydrogen-bond acceptors (Lipinski definition) is 4. The molecule has 0 aliphatic heterocycles. The maximum Gasteiger partial charge on any atom is 2.00 e. The van der Waals surface area contributed by atoms with E-state index < -0.39 is 15.6 Å². The van der Waals surface area contributed by atoms with Gasteiger partial charge in [-0.1, -0.05) is 60.7 Å². The number of aliphatic imine (C=N–C) groups is 4. The van der Waals surface area contributed by atoms with E-state index in [9.17, 15) is 50.4 Å². The Labute approximate surface area is 277 Å². The molecule has 276 valence electrons. The molecule has 0 aliphatic rings. The largest absolute Gasteiger partial charge is 2.00 e. The molecule has 0 amide bonds. The zero-order valence-electron chi connectivity index (χ0n) is 26.8. The fraction of sp³-hybridized carbons (Fsp3) is 0.429. The van der Waals surface area contributed by atoms with Gasteiger partial charge in [0, 0.05) is 47.7 Å². The van der Waals surface area contributed by atoms with Crippen LogP contribution in [0.2, 0.25) is 0 Å². The number of halogens is 12. The van der Waals surface area contributed by atoms with Gasteiger partial charge < -0.3 is 0 Å². The minimum absolute atomic E-state index is 0. The van der Waals surface area contributed by atoms with Crippen LogP contribution in [0.25, 0.3) is 0 Å². The summed E-state index contributed by atoms with van der Waals surface area (Å²) in [6.45, 7) is 16.6. The number of rotatable bonds is 8. The second kappa shape index (κ2) is 17.3. The van der Waals surface area contributed by atoms with Crippen molar-refractivity contribution in [1.29, 1.82) is 0 Å². The van der Waals surface area contributed by atoms with Crippen molar-refractivity contribution in [3.63, 3.8) is 0 Å². The van der Waals surface area contributed by atoms with Crippen molar-refractivity contribution in [3.8, 4) is 0 Å². The van der Waals surface area contributed by atoms with Gasteiger partial charge in [0.05, 0.1) is 11.4 Å². The summed E-state index contributed by atoms with van der Waals surface area (Å²) in [5, 5.41) is 0. The molecule has 0 saturated heterocycles. The second-order valence-electron chi connectivity index (χ2n) is 10.6. The molecule has 47 heavy (non-hydrogen) atoms. The normalized spacial score (nSPS) is 15.7. The van der Waals surface area contributed by atoms with Gasteiger partial charge in [-0.05, 0) is 55.4 Å². The van der Waals surface area contributed by atoms with Crippen molar-refractivity contribution in [2.75, 3.05) is 0 Å². The summed E-state index contributed by atoms with van der Waals surface area (Å²) in [4.78, 5) is 18.0. The van der Waals surface area contributed by atoms with Crippen molar-refractivity contribution in [1.82, 2.24) is 0 Å². The molecule has 2 aromatic rings. The quantitative estimate of drug-likeness (QED) is 0.111. The van der Waals surface area contributed by atoms with Gasteiger partial charge in [0.2, 0.25) is 0 Å². The van der Waals surface area contributed by atoms with Gasteiger partial charge >= 0.3 is 82.5 Å². The van der Waals surface area contributed by atoms with Crippen LogP contribution in [0.1, 0.15) is 66.5 Å². The summed E-state index contributed by atoms with van der Waals surface area (Å²) in [5.74, 6) is 0. The number of nitrogens with zero attached hydrogens (tertiary/aromatic N) is 4. The Kier molecular flexibility index (Phi) is 18.1. The Balaban J connectivity index is -0.000000586. The Morgan fingerprint density at radius 2 is 0.660 bits per heavy atom. The van der Waals surface area contributed by atoms with E-state index in [4.69, 9.17) is 0 Å². The van der Waals surface area contributed by atoms with Crippen molar-refractivity contribution in [2.24, 2.45) is 20.0 Å². The summed E-state index contributed by atoms with van der Waals surface area (Å²) in [6, 6.07) is 21.5. The van der Waals surface area contributed by atoms with Gasteiger partial charge in [-0.15, -0.1) is 0 Å². The van der Waals surface area contributed by atoms with Gasteiger partial charge in [-0.25, -0.2) is 0 Å². The van der Waals surface area contributed by atoms with Crippen LogP contribution in [0.4, 0.5) is 50.4 Å². The molecule has 2 aromatic carbocycles. The first-order valence-corrected chi connectivity index (χ1v) is 17.6. The predicted molar refractivity (Wildman–Crippen MR) is 171 cm³/mol. The maximum atomic E-state index is 9.87. The topological polar surface area (TPSA) is 49.4 Å². The van der Waals surface area contributed by atoms with E-state index in [0.29, 0.717) is 12.1 Å². The second-order valence-corrected chi connectivity index (χ2v) is 14.4. The van der Waals surface area contributed by atoms with E-state index >= 15 is 0 Å². The summed E-state index contributed by atoms with van der Waals surface area (Å²) in [6.07, 6.45) is 3.75. The van der Waals surface area contributed by atoms with Crippen LogP contribution in [0.3, 0.4) is 0 Å². The number of hydrogen-bond donors (Lipinski definition) is 0. The van der Waals surface area contributed by atoms with Gasteiger partial charge in [0.25, 0.3) is 0 Å². The SMILES string of the molecule is CC(C)N=CC(=NC(C)C)c1ccccc1.CC(C)N=CC(=NC(C)C)c1ccccc1.F[P-](F)(F)(F)(F)F.F[P-](F)(F)(F)(F)F.[Ni+2]. The Bertz CT molecular complexity index is 1180. The van der Waals surface area contributed by atoms with Crippen LogP contribution in [-0.2, 0) is 16.5 Å². The van der Waals surface area contributed by atoms with Crippen molar-refractivity contribution >= 4 is 39.5 Å². The standard InChI is InChI=1S/2C14H20N2.2F6P.Ni/c2*1-11(2)15-10-14(16-12(3)4)13-8-6-5-7-9-13;2*1-7(2,3,4,5)6;/h2*5-12H,1-4H3;;;/q;;2*-1;+2. The minimum atomic E-state index is -10.7. The summed E-state index contributed by atoms with van der Waals surface area (Å²) in [7, 11) is -21.3. The van der Waals surface area contributed by atoms with Crippen molar-refractivity contribution in [3.05, 3.63) is 71.8 Å². The zero-order chi connectivity index (χ0) is 36.7. The molecule has 0 saturated carbocycles. The first kappa shape index (κ1) is 49.0. The smallest absolute Gasteiger partial charge is 2.00 e. The monoisotopic (exact) mass is 780 g/mol. The van der Waals surface area contributed by atoms with Gasteiger partial charge in [0.15, 0.2) is 0 Å². The summed E-state index contributed by atoms with van der Waals surface area (Å²) in [5.41, 5.74) is 4.18. The molecule has 0 heterocycles. The Morgan fingerprint density at radius 1 is 0.447 bits per heavy atom. The van der Waals surface area contributed by atoms with Crippen LogP contribution in [0.15, 0.2) is 80.6 Å². The fourth-order valence-electron chi connectivity index (χ4n) is 2.58. The van der Waals surface area contributed by atoms with Crippen molar-refractivity contribution < 1.29 is 66.9 Å². The summed E-state index contributed by atoms with van der Waals surface area (Å²) >= 11 is 0. The molecule has 0 N–H and O–H groups in total. The molecule has 0 unspecified atom stereocenters. The summed E-state index contributed by atoms with van der Waals surface area (Å²) < 4.78 is 118. The third-order valence-electron chi connectivity index (χ3n) is 3.92. The molecule has 2 rings (SSSR count). The maximum absolute atomic E-state index is 10.7. The first-order valence-electron chi connectivity index (χ1n) is 13.5. The zero-order valence-corrected chi connectivity index (χ0v) is 29.5. The fourth-order valence-corrected chi connectivity index (χ4v) is 2.58. The molecule has 0 fully saturated rings. The molecule has 0 spiro atoms. The van der Waals surface area contributed by atoms with Gasteiger partial charge in [0.1, 0.15) is 0 Å². The molecule has 0 aromatic heterocycles. The molecule has 4 nitrogen and oxygen atoms in total. The van der Waals surface area contributed by atoms with E-state index in [1.807, 2.05) is 48.8 Å². The average Bonchev–Trinajstić information content (AvgIpc) is 2.81. The van der Waals surface area contributed by atoms with Crippen LogP contribution < -0.4 is 0 Å². The van der Waals surface area contributed by atoms with Crippen LogP contribution in [-0.4, -0.2) is 48.0 Å². The van der Waals surface area contributed by atoms with E-state index in [1.165, 1.54) is 0 Å². The molecule has 0 atom stereocenters. The molecule has 0 radical (unpaired) electrons. The molecular formula is C28H40F12N4NiP2.